The number of hydrogen-bond donors (Lipinski definition) is 2. The molecule has 0 amide bonds. The van der Waals surface area contributed by atoms with Gasteiger partial charge in [0.25, 0.3) is 0 Å². The van der Waals surface area contributed by atoms with Crippen molar-refractivity contribution in [3.05, 3.63) is 56.9 Å². The number of aromatic nitrogens is 3. The van der Waals surface area contributed by atoms with E-state index < -0.39 is 0 Å². The molecule has 0 spiro atoms. The van der Waals surface area contributed by atoms with Crippen LogP contribution in [0.1, 0.15) is 22.5 Å². The van der Waals surface area contributed by atoms with Gasteiger partial charge in [-0.1, -0.05) is 19.1 Å². The fourth-order valence-corrected chi connectivity index (χ4v) is 4.11. The van der Waals surface area contributed by atoms with Crippen molar-refractivity contribution >= 4 is 28.6 Å². The summed E-state index contributed by atoms with van der Waals surface area (Å²) in [4.78, 5) is 7.50. The summed E-state index contributed by atoms with van der Waals surface area (Å²) in [5.41, 5.74) is 0. The summed E-state index contributed by atoms with van der Waals surface area (Å²) in [5.74, 6) is 1.88. The van der Waals surface area contributed by atoms with Gasteiger partial charge in [-0.3, -0.25) is 4.99 Å². The fraction of sp³-hybridized carbons (Fsp3) is 0.421. The van der Waals surface area contributed by atoms with Crippen LogP contribution in [0.2, 0.25) is 0 Å². The molecule has 6 nitrogen and oxygen atoms in total. The van der Waals surface area contributed by atoms with Crippen LogP contribution in [0.4, 0.5) is 0 Å². The molecular formula is C19H26N6S2. The first kappa shape index (κ1) is 19.6. The molecule has 0 saturated carbocycles. The Morgan fingerprint density at radius 2 is 1.81 bits per heavy atom. The fourth-order valence-electron chi connectivity index (χ4n) is 2.70. The molecular weight excluding hydrogens is 376 g/mol. The summed E-state index contributed by atoms with van der Waals surface area (Å²) < 4.78 is 2.09. The second-order valence-corrected chi connectivity index (χ2v) is 8.10. The lowest BCUT2D eigenvalue weighted by Gasteiger charge is -2.13. The maximum Gasteiger partial charge on any atom is 0.191 e. The summed E-state index contributed by atoms with van der Waals surface area (Å²) in [6, 6.07) is 8.52. The van der Waals surface area contributed by atoms with E-state index in [-0.39, 0.29) is 0 Å². The quantitative estimate of drug-likeness (QED) is 0.404. The molecule has 0 unspecified atom stereocenters. The second kappa shape index (κ2) is 10.8. The SMILES string of the molecule is CCc1nncn1CCNC(=NCCc1cccs1)NCCc1cccs1. The van der Waals surface area contributed by atoms with Crippen LogP contribution in [0.25, 0.3) is 0 Å². The molecule has 0 aromatic carbocycles. The van der Waals surface area contributed by atoms with E-state index in [1.807, 2.05) is 0 Å². The molecule has 0 fully saturated rings. The summed E-state index contributed by atoms with van der Waals surface area (Å²) in [6.45, 7) is 5.36. The second-order valence-electron chi connectivity index (χ2n) is 6.04. The number of rotatable bonds is 10. The van der Waals surface area contributed by atoms with Gasteiger partial charge in [-0.25, -0.2) is 0 Å². The number of aliphatic imine (C=N–C) groups is 1. The van der Waals surface area contributed by atoms with Gasteiger partial charge in [0.05, 0.1) is 0 Å². The first-order valence-electron chi connectivity index (χ1n) is 9.28. The molecule has 2 N–H and O–H groups in total. The minimum absolute atomic E-state index is 0.779. The van der Waals surface area contributed by atoms with Gasteiger partial charge < -0.3 is 15.2 Å². The van der Waals surface area contributed by atoms with Crippen LogP contribution in [-0.4, -0.2) is 40.4 Å². The van der Waals surface area contributed by atoms with E-state index in [0.717, 1.165) is 57.2 Å². The molecule has 0 saturated heterocycles. The van der Waals surface area contributed by atoms with E-state index in [2.05, 4.69) is 67.3 Å². The van der Waals surface area contributed by atoms with Gasteiger partial charge in [-0.15, -0.1) is 32.9 Å². The molecule has 0 aliphatic rings. The Morgan fingerprint density at radius 1 is 1.07 bits per heavy atom. The Hall–Kier alpha value is -2.19. The number of nitrogens with one attached hydrogen (secondary N) is 2. The average Bonchev–Trinajstić information content (AvgIpc) is 3.44. The highest BCUT2D eigenvalue weighted by atomic mass is 32.1. The standard InChI is InChI=1S/C19H26N6S2/c1-2-18-24-23-15-25(18)12-11-22-19(20-9-7-16-5-3-13-26-16)21-10-8-17-6-4-14-27-17/h3-6,13-15H,2,7-12H2,1H3,(H2,20,21,22). The minimum atomic E-state index is 0.779. The lowest BCUT2D eigenvalue weighted by Crippen LogP contribution is -2.40. The van der Waals surface area contributed by atoms with Crippen molar-refractivity contribution < 1.29 is 0 Å². The van der Waals surface area contributed by atoms with E-state index in [0.29, 0.717) is 0 Å². The van der Waals surface area contributed by atoms with Gasteiger partial charge in [-0.05, 0) is 29.3 Å². The molecule has 144 valence electrons. The van der Waals surface area contributed by atoms with E-state index >= 15 is 0 Å². The van der Waals surface area contributed by atoms with Gasteiger partial charge in [0, 0.05) is 48.8 Å². The van der Waals surface area contributed by atoms with Crippen molar-refractivity contribution in [2.24, 2.45) is 4.99 Å². The molecule has 3 aromatic heterocycles. The van der Waals surface area contributed by atoms with Gasteiger partial charge >= 0.3 is 0 Å². The molecule has 3 heterocycles. The molecule has 3 rings (SSSR count). The lowest BCUT2D eigenvalue weighted by molar-refractivity contribution is 0.631. The molecule has 3 aromatic rings. The molecule has 8 heteroatoms. The Morgan fingerprint density at radius 3 is 2.52 bits per heavy atom. The van der Waals surface area contributed by atoms with Gasteiger partial charge in [-0.2, -0.15) is 0 Å². The third-order valence-electron chi connectivity index (χ3n) is 4.11. The van der Waals surface area contributed by atoms with Gasteiger partial charge in [0.15, 0.2) is 5.96 Å². The third kappa shape index (κ3) is 6.48. The van der Waals surface area contributed by atoms with Gasteiger partial charge in [0.1, 0.15) is 12.2 Å². The monoisotopic (exact) mass is 402 g/mol. The largest absolute Gasteiger partial charge is 0.356 e. The lowest BCUT2D eigenvalue weighted by atomic mass is 10.3. The van der Waals surface area contributed by atoms with E-state index in [9.17, 15) is 0 Å². The first-order chi connectivity index (χ1) is 13.3. The van der Waals surface area contributed by atoms with Crippen molar-refractivity contribution in [2.45, 2.75) is 32.7 Å². The molecule has 0 aliphatic heterocycles. The highest BCUT2D eigenvalue weighted by Crippen LogP contribution is 2.09. The Kier molecular flexibility index (Phi) is 7.85. The first-order valence-corrected chi connectivity index (χ1v) is 11.0. The predicted octanol–water partition coefficient (Wildman–Crippen LogP) is 2.98. The van der Waals surface area contributed by atoms with Crippen molar-refractivity contribution in [3.8, 4) is 0 Å². The summed E-state index contributed by atoms with van der Waals surface area (Å²) >= 11 is 3.58. The number of thiophene rings is 2. The maximum atomic E-state index is 4.74. The summed E-state index contributed by atoms with van der Waals surface area (Å²) in [7, 11) is 0. The molecule has 0 atom stereocenters. The van der Waals surface area contributed by atoms with Crippen LogP contribution in [0.5, 0.6) is 0 Å². The van der Waals surface area contributed by atoms with E-state index in [4.69, 9.17) is 4.99 Å². The molecule has 0 radical (unpaired) electrons. The molecule has 0 aliphatic carbocycles. The van der Waals surface area contributed by atoms with Crippen LogP contribution in [0.15, 0.2) is 46.3 Å². The minimum Gasteiger partial charge on any atom is -0.356 e. The highest BCUT2D eigenvalue weighted by Gasteiger charge is 2.03. The average molecular weight is 403 g/mol. The Bertz CT molecular complexity index is 792. The summed E-state index contributed by atoms with van der Waals surface area (Å²) in [5, 5.41) is 19.2. The normalized spacial score (nSPS) is 11.7. The number of hydrogen-bond acceptors (Lipinski definition) is 5. The molecule has 27 heavy (non-hydrogen) atoms. The van der Waals surface area contributed by atoms with Crippen LogP contribution in [0, 0.1) is 0 Å². The van der Waals surface area contributed by atoms with Crippen LogP contribution in [0.3, 0.4) is 0 Å². The zero-order valence-corrected chi connectivity index (χ0v) is 17.2. The Labute approximate surface area is 168 Å². The molecule has 0 bridgehead atoms. The van der Waals surface area contributed by atoms with E-state index in [1.54, 1.807) is 29.0 Å². The van der Waals surface area contributed by atoms with Crippen LogP contribution >= 0.6 is 22.7 Å². The van der Waals surface area contributed by atoms with Crippen LogP contribution < -0.4 is 10.6 Å². The van der Waals surface area contributed by atoms with Gasteiger partial charge in [0.2, 0.25) is 0 Å². The van der Waals surface area contributed by atoms with Crippen molar-refractivity contribution in [2.75, 3.05) is 19.6 Å². The van der Waals surface area contributed by atoms with Crippen LogP contribution in [-0.2, 0) is 25.8 Å². The summed E-state index contributed by atoms with van der Waals surface area (Å²) in [6.07, 6.45) is 4.66. The number of aryl methyl sites for hydroxylation is 1. The number of guanidine groups is 1. The predicted molar refractivity (Wildman–Crippen MR) is 114 cm³/mol. The zero-order valence-electron chi connectivity index (χ0n) is 15.6. The zero-order chi connectivity index (χ0) is 18.7. The van der Waals surface area contributed by atoms with Crippen molar-refractivity contribution in [1.82, 2.24) is 25.4 Å². The topological polar surface area (TPSA) is 67.1 Å². The smallest absolute Gasteiger partial charge is 0.191 e. The van der Waals surface area contributed by atoms with Crippen molar-refractivity contribution in [1.29, 1.82) is 0 Å². The highest BCUT2D eigenvalue weighted by molar-refractivity contribution is 7.10. The Balaban J connectivity index is 1.49. The maximum absolute atomic E-state index is 4.74. The third-order valence-corrected chi connectivity index (χ3v) is 5.98. The van der Waals surface area contributed by atoms with E-state index in [1.165, 1.54) is 9.75 Å². The number of nitrogens with zero attached hydrogens (tertiary/aromatic N) is 4. The van der Waals surface area contributed by atoms with Crippen molar-refractivity contribution in [3.63, 3.8) is 0 Å².